The lowest BCUT2D eigenvalue weighted by molar-refractivity contribution is -0.0873. The first-order chi connectivity index (χ1) is 9.17. The summed E-state index contributed by atoms with van der Waals surface area (Å²) in [6.07, 6.45) is 1.21. The van der Waals surface area contributed by atoms with E-state index in [4.69, 9.17) is 4.74 Å². The number of nitrogens with zero attached hydrogens (tertiary/aromatic N) is 1. The highest BCUT2D eigenvalue weighted by atomic mass is 16.5. The predicted octanol–water partition coefficient (Wildman–Crippen LogP) is 1.99. The number of nitrogens with one attached hydrogen (secondary N) is 1. The summed E-state index contributed by atoms with van der Waals surface area (Å²) < 4.78 is 5.74. The first-order valence-corrected chi connectivity index (χ1v) is 7.52. The van der Waals surface area contributed by atoms with E-state index < -0.39 is 0 Å². The first-order valence-electron chi connectivity index (χ1n) is 7.52. The van der Waals surface area contributed by atoms with Crippen LogP contribution in [0, 0.1) is 5.41 Å². The van der Waals surface area contributed by atoms with Crippen molar-refractivity contribution in [3.8, 4) is 0 Å². The van der Waals surface area contributed by atoms with Crippen LogP contribution in [0.25, 0.3) is 0 Å². The normalized spacial score (nSPS) is 25.4. The molecule has 0 unspecified atom stereocenters. The molecule has 1 aliphatic rings. The lowest BCUT2D eigenvalue weighted by Crippen LogP contribution is -2.55. The van der Waals surface area contributed by atoms with Crippen molar-refractivity contribution in [1.29, 1.82) is 0 Å². The van der Waals surface area contributed by atoms with E-state index in [1.54, 1.807) is 6.92 Å². The molecule has 2 atom stereocenters. The standard InChI is InChI=1S/C15H30N2O3/c1-6-15(5)11-17(7-8-20-15)13(19)16-10-14(3,4)9-12(2)18/h12,18H,6-11H2,1-5H3,(H,16,19)/t12-,15+/m1/s1. The Balaban J connectivity index is 2.46. The monoisotopic (exact) mass is 286 g/mol. The number of urea groups is 1. The van der Waals surface area contributed by atoms with Gasteiger partial charge in [-0.05, 0) is 32.1 Å². The minimum Gasteiger partial charge on any atom is -0.393 e. The Labute approximate surface area is 122 Å². The quantitative estimate of drug-likeness (QED) is 0.812. The average Bonchev–Trinajstić information content (AvgIpc) is 2.34. The molecule has 1 aliphatic heterocycles. The minimum atomic E-state index is -0.353. The molecule has 1 heterocycles. The molecule has 0 bridgehead atoms. The van der Waals surface area contributed by atoms with Gasteiger partial charge in [0.15, 0.2) is 0 Å². The minimum absolute atomic E-state index is 0.0355. The van der Waals surface area contributed by atoms with Gasteiger partial charge in [-0.15, -0.1) is 0 Å². The third kappa shape index (κ3) is 5.29. The van der Waals surface area contributed by atoms with E-state index in [0.717, 1.165) is 6.42 Å². The lowest BCUT2D eigenvalue weighted by Gasteiger charge is -2.40. The maximum Gasteiger partial charge on any atom is 0.317 e. The van der Waals surface area contributed by atoms with Gasteiger partial charge in [0, 0.05) is 13.1 Å². The van der Waals surface area contributed by atoms with E-state index in [0.29, 0.717) is 32.7 Å². The average molecular weight is 286 g/mol. The Kier molecular flexibility index (Phi) is 5.83. The van der Waals surface area contributed by atoms with Crippen molar-refractivity contribution in [2.24, 2.45) is 5.41 Å². The van der Waals surface area contributed by atoms with E-state index in [9.17, 15) is 9.90 Å². The molecule has 20 heavy (non-hydrogen) atoms. The molecule has 1 rings (SSSR count). The highest BCUT2D eigenvalue weighted by Gasteiger charge is 2.33. The third-order valence-corrected chi connectivity index (χ3v) is 3.94. The van der Waals surface area contributed by atoms with Crippen LogP contribution >= 0.6 is 0 Å². The number of morpholine rings is 1. The topological polar surface area (TPSA) is 61.8 Å². The van der Waals surface area contributed by atoms with Gasteiger partial charge in [0.25, 0.3) is 0 Å². The molecule has 0 radical (unpaired) electrons. The van der Waals surface area contributed by atoms with Gasteiger partial charge in [-0.25, -0.2) is 4.79 Å². The first kappa shape index (κ1) is 17.2. The number of aliphatic hydroxyl groups excluding tert-OH is 1. The Bertz CT molecular complexity index is 331. The zero-order chi connectivity index (χ0) is 15.4. The lowest BCUT2D eigenvalue weighted by atomic mass is 9.87. The fourth-order valence-corrected chi connectivity index (χ4v) is 2.62. The molecular formula is C15H30N2O3. The zero-order valence-corrected chi connectivity index (χ0v) is 13.5. The highest BCUT2D eigenvalue weighted by Crippen LogP contribution is 2.23. The van der Waals surface area contributed by atoms with Crippen LogP contribution in [0.1, 0.15) is 47.5 Å². The number of rotatable bonds is 5. The summed E-state index contributed by atoms with van der Waals surface area (Å²) in [5.74, 6) is 0. The number of ether oxygens (including phenoxy) is 1. The maximum atomic E-state index is 12.2. The smallest absolute Gasteiger partial charge is 0.317 e. The van der Waals surface area contributed by atoms with Crippen molar-refractivity contribution in [3.05, 3.63) is 0 Å². The molecule has 118 valence electrons. The molecule has 2 N–H and O–H groups in total. The van der Waals surface area contributed by atoms with Crippen molar-refractivity contribution < 1.29 is 14.6 Å². The number of carbonyl (C=O) groups is 1. The summed E-state index contributed by atoms with van der Waals surface area (Å²) in [6, 6.07) is -0.0355. The number of amides is 2. The molecule has 0 aliphatic carbocycles. The van der Waals surface area contributed by atoms with Crippen LogP contribution in [0.15, 0.2) is 0 Å². The van der Waals surface area contributed by atoms with Crippen LogP contribution < -0.4 is 5.32 Å². The van der Waals surface area contributed by atoms with Crippen molar-refractivity contribution in [2.45, 2.75) is 59.2 Å². The van der Waals surface area contributed by atoms with Crippen LogP contribution in [0.4, 0.5) is 4.79 Å². The molecular weight excluding hydrogens is 256 g/mol. The Morgan fingerprint density at radius 2 is 2.20 bits per heavy atom. The van der Waals surface area contributed by atoms with E-state index in [1.807, 2.05) is 11.8 Å². The molecule has 5 nitrogen and oxygen atoms in total. The summed E-state index contributed by atoms with van der Waals surface area (Å²) in [4.78, 5) is 14.1. The van der Waals surface area contributed by atoms with E-state index in [2.05, 4.69) is 26.1 Å². The van der Waals surface area contributed by atoms with E-state index in [-0.39, 0.29) is 23.2 Å². The second-order valence-electron chi connectivity index (χ2n) is 6.95. The van der Waals surface area contributed by atoms with Crippen LogP contribution in [0.5, 0.6) is 0 Å². The third-order valence-electron chi connectivity index (χ3n) is 3.94. The largest absolute Gasteiger partial charge is 0.393 e. The summed E-state index contributed by atoms with van der Waals surface area (Å²) in [6.45, 7) is 12.4. The van der Waals surface area contributed by atoms with Crippen molar-refractivity contribution in [2.75, 3.05) is 26.2 Å². The second kappa shape index (κ2) is 6.76. The number of hydrogen-bond acceptors (Lipinski definition) is 3. The molecule has 1 fully saturated rings. The molecule has 2 amide bonds. The van der Waals surface area contributed by atoms with Gasteiger partial charge in [-0.2, -0.15) is 0 Å². The zero-order valence-electron chi connectivity index (χ0n) is 13.5. The van der Waals surface area contributed by atoms with E-state index in [1.165, 1.54) is 0 Å². The molecule has 0 aromatic rings. The number of aliphatic hydroxyl groups is 1. The van der Waals surface area contributed by atoms with Gasteiger partial charge < -0.3 is 20.1 Å². The second-order valence-corrected chi connectivity index (χ2v) is 6.95. The maximum absolute atomic E-state index is 12.2. The summed E-state index contributed by atoms with van der Waals surface area (Å²) in [7, 11) is 0. The van der Waals surface area contributed by atoms with Crippen LogP contribution in [0.3, 0.4) is 0 Å². The fraction of sp³-hybridized carbons (Fsp3) is 0.933. The number of hydrogen-bond donors (Lipinski definition) is 2. The summed E-state index contributed by atoms with van der Waals surface area (Å²) >= 11 is 0. The van der Waals surface area contributed by atoms with Gasteiger partial charge in [-0.1, -0.05) is 20.8 Å². The molecule has 0 aromatic carbocycles. The van der Waals surface area contributed by atoms with Crippen LogP contribution in [-0.2, 0) is 4.74 Å². The van der Waals surface area contributed by atoms with Crippen molar-refractivity contribution >= 4 is 6.03 Å². The van der Waals surface area contributed by atoms with Crippen LogP contribution in [-0.4, -0.2) is 54.0 Å². The number of carbonyl (C=O) groups excluding carboxylic acids is 1. The summed E-state index contributed by atoms with van der Waals surface area (Å²) in [5, 5.41) is 12.4. The predicted molar refractivity (Wildman–Crippen MR) is 79.7 cm³/mol. The van der Waals surface area contributed by atoms with Gasteiger partial charge >= 0.3 is 6.03 Å². The Morgan fingerprint density at radius 3 is 2.75 bits per heavy atom. The Hall–Kier alpha value is -0.810. The van der Waals surface area contributed by atoms with Crippen LogP contribution in [0.2, 0.25) is 0 Å². The van der Waals surface area contributed by atoms with Gasteiger partial charge in [-0.3, -0.25) is 0 Å². The molecule has 0 aromatic heterocycles. The van der Waals surface area contributed by atoms with Crippen molar-refractivity contribution in [3.63, 3.8) is 0 Å². The van der Waals surface area contributed by atoms with Gasteiger partial charge in [0.2, 0.25) is 0 Å². The fourth-order valence-electron chi connectivity index (χ4n) is 2.62. The highest BCUT2D eigenvalue weighted by molar-refractivity contribution is 5.74. The van der Waals surface area contributed by atoms with Gasteiger partial charge in [0.1, 0.15) is 0 Å². The Morgan fingerprint density at radius 1 is 1.55 bits per heavy atom. The van der Waals surface area contributed by atoms with E-state index >= 15 is 0 Å². The summed E-state index contributed by atoms with van der Waals surface area (Å²) in [5.41, 5.74) is -0.338. The molecule has 1 saturated heterocycles. The molecule has 0 saturated carbocycles. The van der Waals surface area contributed by atoms with Gasteiger partial charge in [0.05, 0.1) is 24.9 Å². The van der Waals surface area contributed by atoms with Crippen molar-refractivity contribution in [1.82, 2.24) is 10.2 Å². The molecule has 5 heteroatoms. The SMILES string of the molecule is CC[C@@]1(C)CN(C(=O)NCC(C)(C)C[C@@H](C)O)CCO1. The molecule has 0 spiro atoms.